The molecule has 0 spiro atoms. The van der Waals surface area contributed by atoms with Crippen LogP contribution in [0.25, 0.3) is 11.1 Å². The summed E-state index contributed by atoms with van der Waals surface area (Å²) < 4.78 is 0. The quantitative estimate of drug-likeness (QED) is 0.769. The zero-order valence-electron chi connectivity index (χ0n) is 13.0. The Bertz CT molecular complexity index is 831. The molecule has 3 heteroatoms. The highest BCUT2D eigenvalue weighted by Crippen LogP contribution is 2.22. The van der Waals surface area contributed by atoms with Gasteiger partial charge in [-0.05, 0) is 24.1 Å². The van der Waals surface area contributed by atoms with Crippen LogP contribution in [0.15, 0.2) is 66.9 Å². The average Bonchev–Trinajstić information content (AvgIpc) is 2.62. The normalized spacial score (nSPS) is 10.1. The topological polar surface area (TPSA) is 48.7 Å². The number of pyridine rings is 1. The van der Waals surface area contributed by atoms with Crippen molar-refractivity contribution in [1.82, 2.24) is 4.98 Å². The molecule has 0 saturated carbocycles. The molecule has 0 aliphatic heterocycles. The summed E-state index contributed by atoms with van der Waals surface area (Å²) in [5, 5.41) is 12.6. The Kier molecular flexibility index (Phi) is 4.35. The van der Waals surface area contributed by atoms with Crippen molar-refractivity contribution in [3.05, 3.63) is 83.6 Å². The Labute approximate surface area is 136 Å². The minimum Gasteiger partial charge on any atom is -0.365 e. The Balaban J connectivity index is 1.80. The fourth-order valence-corrected chi connectivity index (χ4v) is 2.37. The maximum Gasteiger partial charge on any atom is 0.144 e. The van der Waals surface area contributed by atoms with E-state index < -0.39 is 0 Å². The first-order valence-corrected chi connectivity index (χ1v) is 7.51. The largest absolute Gasteiger partial charge is 0.365 e. The summed E-state index contributed by atoms with van der Waals surface area (Å²) in [6.45, 7) is 2.71. The lowest BCUT2D eigenvalue weighted by Crippen LogP contribution is -2.03. The van der Waals surface area contributed by atoms with Gasteiger partial charge in [0.15, 0.2) is 0 Å². The summed E-state index contributed by atoms with van der Waals surface area (Å²) in [6.07, 6.45) is 1.80. The second kappa shape index (κ2) is 6.76. The van der Waals surface area contributed by atoms with Gasteiger partial charge in [-0.3, -0.25) is 0 Å². The number of nitrogens with one attached hydrogen (secondary N) is 1. The van der Waals surface area contributed by atoms with Crippen molar-refractivity contribution in [3.63, 3.8) is 0 Å². The highest BCUT2D eigenvalue weighted by molar-refractivity contribution is 5.67. The average molecular weight is 299 g/mol. The third-order valence-corrected chi connectivity index (χ3v) is 3.70. The van der Waals surface area contributed by atoms with E-state index in [9.17, 15) is 5.26 Å². The number of rotatable bonds is 4. The SMILES string of the molecule is Cc1ccc(CNc2ncc(-c3ccccc3)cc2C#N)cc1. The monoisotopic (exact) mass is 299 g/mol. The second-order valence-electron chi connectivity index (χ2n) is 5.44. The molecule has 3 nitrogen and oxygen atoms in total. The van der Waals surface area contributed by atoms with Gasteiger partial charge in [0, 0.05) is 18.3 Å². The van der Waals surface area contributed by atoms with Gasteiger partial charge in [-0.15, -0.1) is 0 Å². The van der Waals surface area contributed by atoms with Gasteiger partial charge in [0.1, 0.15) is 11.9 Å². The van der Waals surface area contributed by atoms with Crippen molar-refractivity contribution in [1.29, 1.82) is 5.26 Å². The summed E-state index contributed by atoms with van der Waals surface area (Å²) in [5.74, 6) is 0.618. The van der Waals surface area contributed by atoms with Gasteiger partial charge in [-0.25, -0.2) is 4.98 Å². The first kappa shape index (κ1) is 14.8. The van der Waals surface area contributed by atoms with Crippen LogP contribution >= 0.6 is 0 Å². The van der Waals surface area contributed by atoms with Gasteiger partial charge in [-0.1, -0.05) is 60.2 Å². The molecule has 112 valence electrons. The molecule has 3 rings (SSSR count). The predicted octanol–water partition coefficient (Wildman–Crippen LogP) is 4.54. The summed E-state index contributed by atoms with van der Waals surface area (Å²) in [5.41, 5.74) is 4.95. The van der Waals surface area contributed by atoms with E-state index in [0.717, 1.165) is 16.7 Å². The van der Waals surface area contributed by atoms with E-state index in [1.807, 2.05) is 36.4 Å². The summed E-state index contributed by atoms with van der Waals surface area (Å²) >= 11 is 0. The number of aryl methyl sites for hydroxylation is 1. The van der Waals surface area contributed by atoms with E-state index in [1.165, 1.54) is 5.56 Å². The fourth-order valence-electron chi connectivity index (χ4n) is 2.37. The third kappa shape index (κ3) is 3.56. The molecule has 1 aromatic heterocycles. The van der Waals surface area contributed by atoms with Gasteiger partial charge < -0.3 is 5.32 Å². The molecule has 1 N–H and O–H groups in total. The highest BCUT2D eigenvalue weighted by atomic mass is 15.0. The smallest absolute Gasteiger partial charge is 0.144 e. The molecule has 0 fully saturated rings. The van der Waals surface area contributed by atoms with Crippen LogP contribution in [0.2, 0.25) is 0 Å². The molecule has 0 amide bonds. The summed E-state index contributed by atoms with van der Waals surface area (Å²) in [6, 6.07) is 22.4. The molecule has 0 bridgehead atoms. The van der Waals surface area contributed by atoms with Gasteiger partial charge in [-0.2, -0.15) is 5.26 Å². The molecule has 0 unspecified atom stereocenters. The van der Waals surface area contributed by atoms with Gasteiger partial charge in [0.2, 0.25) is 0 Å². The molecular formula is C20H17N3. The van der Waals surface area contributed by atoms with Crippen LogP contribution in [0, 0.1) is 18.3 Å². The summed E-state index contributed by atoms with van der Waals surface area (Å²) in [7, 11) is 0. The number of aromatic nitrogens is 1. The number of benzene rings is 2. The molecule has 3 aromatic rings. The van der Waals surface area contributed by atoms with Crippen LogP contribution in [-0.2, 0) is 6.54 Å². The third-order valence-electron chi connectivity index (χ3n) is 3.70. The first-order chi connectivity index (χ1) is 11.3. The van der Waals surface area contributed by atoms with Crippen LogP contribution in [0.4, 0.5) is 5.82 Å². The van der Waals surface area contributed by atoms with Gasteiger partial charge in [0.25, 0.3) is 0 Å². The molecule has 0 radical (unpaired) electrons. The van der Waals surface area contributed by atoms with Crippen LogP contribution in [0.1, 0.15) is 16.7 Å². The molecule has 2 aromatic carbocycles. The number of anilines is 1. The first-order valence-electron chi connectivity index (χ1n) is 7.51. The van der Waals surface area contributed by atoms with Crippen LogP contribution in [0.3, 0.4) is 0 Å². The van der Waals surface area contributed by atoms with Crippen molar-refractivity contribution in [3.8, 4) is 17.2 Å². The minimum atomic E-state index is 0.554. The number of nitrogens with zero attached hydrogens (tertiary/aromatic N) is 2. The molecule has 1 heterocycles. The second-order valence-corrected chi connectivity index (χ2v) is 5.44. The lowest BCUT2D eigenvalue weighted by Gasteiger charge is -2.09. The zero-order chi connectivity index (χ0) is 16.1. The van der Waals surface area contributed by atoms with E-state index in [2.05, 4.69) is 47.6 Å². The van der Waals surface area contributed by atoms with Crippen LogP contribution < -0.4 is 5.32 Å². The molecular weight excluding hydrogens is 282 g/mol. The number of hydrogen-bond acceptors (Lipinski definition) is 3. The molecule has 0 atom stereocenters. The van der Waals surface area contributed by atoms with E-state index >= 15 is 0 Å². The standard InChI is InChI=1S/C20H17N3/c1-15-7-9-16(10-8-15)13-22-20-18(12-21)11-19(14-23-20)17-5-3-2-4-6-17/h2-11,14H,13H2,1H3,(H,22,23). The molecule has 23 heavy (non-hydrogen) atoms. The highest BCUT2D eigenvalue weighted by Gasteiger charge is 2.06. The Morgan fingerprint density at radius 1 is 1.00 bits per heavy atom. The van der Waals surface area contributed by atoms with Crippen LogP contribution in [0.5, 0.6) is 0 Å². The van der Waals surface area contributed by atoms with Crippen LogP contribution in [-0.4, -0.2) is 4.98 Å². The Hall–Kier alpha value is -3.12. The molecule has 0 saturated heterocycles. The zero-order valence-corrected chi connectivity index (χ0v) is 13.0. The molecule has 0 aliphatic carbocycles. The van der Waals surface area contributed by atoms with Gasteiger partial charge in [0.05, 0.1) is 5.56 Å². The Morgan fingerprint density at radius 2 is 1.74 bits per heavy atom. The van der Waals surface area contributed by atoms with E-state index in [0.29, 0.717) is 17.9 Å². The lowest BCUT2D eigenvalue weighted by molar-refractivity contribution is 1.10. The van der Waals surface area contributed by atoms with E-state index in [1.54, 1.807) is 6.20 Å². The number of nitriles is 1. The van der Waals surface area contributed by atoms with Crippen molar-refractivity contribution in [2.45, 2.75) is 13.5 Å². The number of hydrogen-bond donors (Lipinski definition) is 1. The van der Waals surface area contributed by atoms with E-state index in [-0.39, 0.29) is 0 Å². The predicted molar refractivity (Wildman–Crippen MR) is 92.9 cm³/mol. The van der Waals surface area contributed by atoms with E-state index in [4.69, 9.17) is 0 Å². The molecule has 0 aliphatic rings. The Morgan fingerprint density at radius 3 is 2.43 bits per heavy atom. The maximum absolute atomic E-state index is 9.39. The fraction of sp³-hybridized carbons (Fsp3) is 0.100. The lowest BCUT2D eigenvalue weighted by atomic mass is 10.1. The van der Waals surface area contributed by atoms with Gasteiger partial charge >= 0.3 is 0 Å². The van der Waals surface area contributed by atoms with Crippen molar-refractivity contribution in [2.24, 2.45) is 0 Å². The summed E-state index contributed by atoms with van der Waals surface area (Å²) in [4.78, 5) is 4.42. The van der Waals surface area contributed by atoms with Crippen molar-refractivity contribution in [2.75, 3.05) is 5.32 Å². The van der Waals surface area contributed by atoms with Crippen molar-refractivity contribution >= 4 is 5.82 Å². The van der Waals surface area contributed by atoms with Crippen molar-refractivity contribution < 1.29 is 0 Å². The minimum absolute atomic E-state index is 0.554. The maximum atomic E-state index is 9.39.